The highest BCUT2D eigenvalue weighted by Gasteiger charge is 2.12. The van der Waals surface area contributed by atoms with Gasteiger partial charge in [-0.15, -0.1) is 24.0 Å². The molecule has 2 aromatic rings. The summed E-state index contributed by atoms with van der Waals surface area (Å²) in [5.41, 5.74) is 13.4. The van der Waals surface area contributed by atoms with Crippen LogP contribution >= 0.6 is 24.0 Å². The van der Waals surface area contributed by atoms with E-state index in [9.17, 15) is 0 Å². The molecular formula is C29H46IN. The van der Waals surface area contributed by atoms with Crippen LogP contribution in [0.25, 0.3) is 0 Å². The van der Waals surface area contributed by atoms with Gasteiger partial charge in [-0.2, -0.15) is 0 Å². The molecule has 0 aliphatic carbocycles. The van der Waals surface area contributed by atoms with Gasteiger partial charge >= 0.3 is 0 Å². The van der Waals surface area contributed by atoms with Crippen molar-refractivity contribution in [3.8, 4) is 0 Å². The molecule has 0 spiro atoms. The molecule has 2 N–H and O–H groups in total. The lowest BCUT2D eigenvalue weighted by atomic mass is 9.88. The van der Waals surface area contributed by atoms with Gasteiger partial charge in [0.1, 0.15) is 0 Å². The van der Waals surface area contributed by atoms with Crippen molar-refractivity contribution in [3.05, 3.63) is 64.7 Å². The van der Waals surface area contributed by atoms with E-state index >= 15 is 0 Å². The molecule has 0 radical (unpaired) electrons. The minimum atomic E-state index is 0. The second-order valence-electron chi connectivity index (χ2n) is 8.97. The topological polar surface area (TPSA) is 26.0 Å². The SMILES string of the molecule is CCCCCCCCc1c(N)ccc(Cc2ccccc2)c1CCCCCCCC.I. The Morgan fingerprint density at radius 1 is 0.581 bits per heavy atom. The van der Waals surface area contributed by atoms with Crippen LogP contribution in [-0.2, 0) is 19.3 Å². The van der Waals surface area contributed by atoms with Gasteiger partial charge in [-0.25, -0.2) is 0 Å². The summed E-state index contributed by atoms with van der Waals surface area (Å²) >= 11 is 0. The summed E-state index contributed by atoms with van der Waals surface area (Å²) in [4.78, 5) is 0. The minimum Gasteiger partial charge on any atom is -0.398 e. The first-order chi connectivity index (χ1) is 14.8. The first-order valence-electron chi connectivity index (χ1n) is 12.7. The maximum Gasteiger partial charge on any atom is 0.0349 e. The number of nitrogen functional groups attached to an aromatic ring is 1. The Kier molecular flexibility index (Phi) is 15.8. The normalized spacial score (nSPS) is 10.8. The molecule has 1 nitrogen and oxygen atoms in total. The van der Waals surface area contributed by atoms with Gasteiger partial charge in [0.05, 0.1) is 0 Å². The van der Waals surface area contributed by atoms with E-state index < -0.39 is 0 Å². The van der Waals surface area contributed by atoms with Crippen LogP contribution in [0.15, 0.2) is 42.5 Å². The predicted octanol–water partition coefficient (Wildman–Crippen LogP) is 9.28. The molecule has 0 bridgehead atoms. The highest BCUT2D eigenvalue weighted by atomic mass is 127. The van der Waals surface area contributed by atoms with E-state index in [2.05, 4.69) is 56.3 Å². The zero-order valence-electron chi connectivity index (χ0n) is 20.1. The second kappa shape index (κ2) is 17.5. The maximum atomic E-state index is 6.52. The fraction of sp³-hybridized carbons (Fsp3) is 0.586. The fourth-order valence-electron chi connectivity index (χ4n) is 4.51. The monoisotopic (exact) mass is 535 g/mol. The third-order valence-corrected chi connectivity index (χ3v) is 6.36. The Hall–Kier alpha value is -1.03. The van der Waals surface area contributed by atoms with Crippen molar-refractivity contribution in [2.45, 2.75) is 110 Å². The van der Waals surface area contributed by atoms with Gasteiger partial charge in [-0.05, 0) is 60.4 Å². The van der Waals surface area contributed by atoms with Crippen LogP contribution in [0.3, 0.4) is 0 Å². The molecule has 0 saturated heterocycles. The molecule has 2 rings (SSSR count). The first-order valence-corrected chi connectivity index (χ1v) is 12.7. The van der Waals surface area contributed by atoms with Gasteiger partial charge in [0.25, 0.3) is 0 Å². The van der Waals surface area contributed by atoms with Gasteiger partial charge < -0.3 is 5.73 Å². The molecule has 0 heterocycles. The number of hydrogen-bond acceptors (Lipinski definition) is 1. The van der Waals surface area contributed by atoms with E-state index in [0.29, 0.717) is 0 Å². The molecule has 0 aromatic heterocycles. The van der Waals surface area contributed by atoms with E-state index in [1.54, 1.807) is 5.56 Å². The average molecular weight is 536 g/mol. The summed E-state index contributed by atoms with van der Waals surface area (Å²) < 4.78 is 0. The lowest BCUT2D eigenvalue weighted by molar-refractivity contribution is 0.598. The van der Waals surface area contributed by atoms with Gasteiger partial charge in [-0.1, -0.05) is 114 Å². The summed E-state index contributed by atoms with van der Waals surface area (Å²) in [6.45, 7) is 4.57. The molecule has 0 atom stereocenters. The van der Waals surface area contributed by atoms with E-state index in [4.69, 9.17) is 5.73 Å². The minimum absolute atomic E-state index is 0. The van der Waals surface area contributed by atoms with E-state index in [1.807, 2.05) is 0 Å². The summed E-state index contributed by atoms with van der Waals surface area (Å²) in [5, 5.41) is 0. The predicted molar refractivity (Wildman–Crippen MR) is 150 cm³/mol. The third kappa shape index (κ3) is 10.9. The van der Waals surface area contributed by atoms with Crippen molar-refractivity contribution in [2.75, 3.05) is 5.73 Å². The first kappa shape index (κ1) is 28.0. The Bertz CT molecular complexity index is 695. The molecule has 0 amide bonds. The molecule has 2 heteroatoms. The van der Waals surface area contributed by atoms with Crippen molar-refractivity contribution in [3.63, 3.8) is 0 Å². The number of hydrogen-bond donors (Lipinski definition) is 1. The second-order valence-corrected chi connectivity index (χ2v) is 8.97. The third-order valence-electron chi connectivity index (χ3n) is 6.36. The van der Waals surface area contributed by atoms with Crippen LogP contribution in [-0.4, -0.2) is 0 Å². The van der Waals surface area contributed by atoms with Crippen molar-refractivity contribution < 1.29 is 0 Å². The van der Waals surface area contributed by atoms with Crippen LogP contribution in [0.5, 0.6) is 0 Å². The molecule has 0 fully saturated rings. The van der Waals surface area contributed by atoms with Crippen LogP contribution in [0, 0.1) is 0 Å². The van der Waals surface area contributed by atoms with Crippen molar-refractivity contribution in [1.82, 2.24) is 0 Å². The lowest BCUT2D eigenvalue weighted by Gasteiger charge is -2.18. The molecule has 174 valence electrons. The number of rotatable bonds is 16. The molecule has 0 aliphatic heterocycles. The number of benzene rings is 2. The molecule has 31 heavy (non-hydrogen) atoms. The fourth-order valence-corrected chi connectivity index (χ4v) is 4.51. The zero-order valence-corrected chi connectivity index (χ0v) is 22.5. The summed E-state index contributed by atoms with van der Waals surface area (Å²) in [6, 6.07) is 15.4. The van der Waals surface area contributed by atoms with Gasteiger partial charge in [0, 0.05) is 5.69 Å². The Morgan fingerprint density at radius 2 is 1.10 bits per heavy atom. The Labute approximate surface area is 209 Å². The van der Waals surface area contributed by atoms with Crippen molar-refractivity contribution >= 4 is 29.7 Å². The highest BCUT2D eigenvalue weighted by molar-refractivity contribution is 14.0. The Morgan fingerprint density at radius 3 is 1.68 bits per heavy atom. The van der Waals surface area contributed by atoms with E-state index in [1.165, 1.54) is 100 Å². The van der Waals surface area contributed by atoms with Crippen LogP contribution in [0.1, 0.15) is 113 Å². The lowest BCUT2D eigenvalue weighted by Crippen LogP contribution is -2.06. The standard InChI is InChI=1S/C29H45N.HI/c1-3-5-7-9-11-16-20-27-26(24-25-18-14-13-15-19-25)22-23-29(30)28(27)21-17-12-10-8-6-4-2;/h13-15,18-19,22-23H,3-12,16-17,20-21,24,30H2,1-2H3;1H. The maximum absolute atomic E-state index is 6.52. The van der Waals surface area contributed by atoms with Gasteiger partial charge in [0.2, 0.25) is 0 Å². The molecule has 0 unspecified atom stereocenters. The summed E-state index contributed by atoms with van der Waals surface area (Å²) in [5.74, 6) is 0. The van der Waals surface area contributed by atoms with E-state index in [-0.39, 0.29) is 24.0 Å². The molecule has 0 aliphatic rings. The number of halogens is 1. The molecular weight excluding hydrogens is 489 g/mol. The number of unbranched alkanes of at least 4 members (excludes halogenated alkanes) is 10. The van der Waals surface area contributed by atoms with Gasteiger partial charge in [0.15, 0.2) is 0 Å². The van der Waals surface area contributed by atoms with Gasteiger partial charge in [-0.3, -0.25) is 0 Å². The Balaban J connectivity index is 0.00000480. The average Bonchev–Trinajstić information content (AvgIpc) is 2.76. The molecule has 0 saturated carbocycles. The van der Waals surface area contributed by atoms with Crippen LogP contribution in [0.4, 0.5) is 5.69 Å². The van der Waals surface area contributed by atoms with Crippen molar-refractivity contribution in [1.29, 1.82) is 0 Å². The molecule has 2 aromatic carbocycles. The van der Waals surface area contributed by atoms with Crippen molar-refractivity contribution in [2.24, 2.45) is 0 Å². The van der Waals surface area contributed by atoms with E-state index in [0.717, 1.165) is 18.5 Å². The van der Waals surface area contributed by atoms with Crippen LogP contribution in [0.2, 0.25) is 0 Å². The zero-order chi connectivity index (χ0) is 21.4. The summed E-state index contributed by atoms with van der Waals surface area (Å²) in [7, 11) is 0. The largest absolute Gasteiger partial charge is 0.398 e. The number of anilines is 1. The quantitative estimate of drug-likeness (QED) is 0.129. The van der Waals surface area contributed by atoms with Crippen LogP contribution < -0.4 is 5.73 Å². The summed E-state index contributed by atoms with van der Waals surface area (Å²) in [6.07, 6.45) is 19.5. The highest BCUT2D eigenvalue weighted by Crippen LogP contribution is 2.28. The smallest absolute Gasteiger partial charge is 0.0349 e. The number of nitrogens with two attached hydrogens (primary N) is 1.